The normalized spacial score (nSPS) is 15.0. The van der Waals surface area contributed by atoms with Crippen molar-refractivity contribution < 1.29 is 5.11 Å². The lowest BCUT2D eigenvalue weighted by Crippen LogP contribution is -2.23. The van der Waals surface area contributed by atoms with Gasteiger partial charge < -0.3 is 10.4 Å². The second-order valence-electron chi connectivity index (χ2n) is 7.41. The summed E-state index contributed by atoms with van der Waals surface area (Å²) in [5, 5.41) is 15.0. The van der Waals surface area contributed by atoms with E-state index in [9.17, 15) is 5.11 Å². The minimum atomic E-state index is -0.00656. The van der Waals surface area contributed by atoms with Crippen LogP contribution in [0.2, 0.25) is 0 Å². The second-order valence-corrected chi connectivity index (χ2v) is 9.19. The molecule has 4 rings (SSSR count). The van der Waals surface area contributed by atoms with Gasteiger partial charge in [0.2, 0.25) is 0 Å². The third kappa shape index (κ3) is 3.19. The zero-order valence-electron chi connectivity index (χ0n) is 16.3. The summed E-state index contributed by atoms with van der Waals surface area (Å²) in [5.74, 6) is 1.25. The molecular weight excluding hydrogens is 376 g/mol. The quantitative estimate of drug-likeness (QED) is 0.458. The highest BCUT2D eigenvalue weighted by molar-refractivity contribution is 7.98. The molecule has 3 heterocycles. The summed E-state index contributed by atoms with van der Waals surface area (Å²) < 4.78 is 1.05. The average molecular weight is 403 g/mol. The van der Waals surface area contributed by atoms with E-state index < -0.39 is 0 Å². The van der Waals surface area contributed by atoms with Gasteiger partial charge in [-0.1, -0.05) is 32.5 Å². The molecule has 3 aromatic heterocycles. The van der Waals surface area contributed by atoms with Crippen LogP contribution in [0.3, 0.4) is 0 Å². The van der Waals surface area contributed by atoms with Gasteiger partial charge in [-0.15, -0.1) is 11.3 Å². The SMILES string of the molecule is CC[C@H](CO)Nc1nc(SC)nc2c1sc1nc(C(C)C)c3c(c12)CCC3. The van der Waals surface area contributed by atoms with Crippen LogP contribution in [0.25, 0.3) is 20.4 Å². The summed E-state index contributed by atoms with van der Waals surface area (Å²) in [4.78, 5) is 15.7. The molecule has 2 N–H and O–H groups in total. The molecule has 0 spiro atoms. The molecule has 0 aromatic carbocycles. The predicted octanol–water partition coefficient (Wildman–Crippen LogP) is 4.76. The molecule has 0 saturated heterocycles. The van der Waals surface area contributed by atoms with E-state index in [0.29, 0.717) is 5.92 Å². The first-order valence-corrected chi connectivity index (χ1v) is 11.7. The number of thiophene rings is 1. The Bertz CT molecular complexity index is 995. The summed E-state index contributed by atoms with van der Waals surface area (Å²) in [7, 11) is 0. The number of aryl methyl sites for hydroxylation is 1. The highest BCUT2D eigenvalue weighted by Gasteiger charge is 2.26. The maximum absolute atomic E-state index is 9.63. The van der Waals surface area contributed by atoms with Crippen LogP contribution in [0.5, 0.6) is 0 Å². The van der Waals surface area contributed by atoms with Gasteiger partial charge >= 0.3 is 0 Å². The first-order chi connectivity index (χ1) is 13.1. The third-order valence-electron chi connectivity index (χ3n) is 5.33. The molecule has 0 unspecified atom stereocenters. The number of anilines is 1. The van der Waals surface area contributed by atoms with Crippen molar-refractivity contribution in [3.8, 4) is 0 Å². The van der Waals surface area contributed by atoms with Crippen molar-refractivity contribution in [3.63, 3.8) is 0 Å². The number of aromatic nitrogens is 3. The van der Waals surface area contributed by atoms with Gasteiger partial charge in [0, 0.05) is 11.1 Å². The van der Waals surface area contributed by atoms with Crippen molar-refractivity contribution in [1.82, 2.24) is 15.0 Å². The fraction of sp³-hybridized carbons (Fsp3) is 0.550. The van der Waals surface area contributed by atoms with Crippen molar-refractivity contribution in [3.05, 3.63) is 16.8 Å². The Kier molecular flexibility index (Phi) is 5.27. The second kappa shape index (κ2) is 7.53. The van der Waals surface area contributed by atoms with Gasteiger partial charge in [-0.25, -0.2) is 15.0 Å². The fourth-order valence-corrected chi connectivity index (χ4v) is 5.38. The molecule has 0 aliphatic heterocycles. The first kappa shape index (κ1) is 18.9. The standard InChI is InChI=1S/C20H26N4OS2/c1-5-11(9-25)21-18-17-16(23-20(24-18)26-4)14-12-7-6-8-13(12)15(10(2)3)22-19(14)27-17/h10-11,25H,5-9H2,1-4H3,(H,21,23,24)/t11-/m1/s1. The summed E-state index contributed by atoms with van der Waals surface area (Å²) in [6.07, 6.45) is 6.27. The molecule has 5 nitrogen and oxygen atoms in total. The zero-order chi connectivity index (χ0) is 19.1. The summed E-state index contributed by atoms with van der Waals surface area (Å²) in [5.41, 5.74) is 5.15. The number of hydrogen-bond acceptors (Lipinski definition) is 7. The van der Waals surface area contributed by atoms with Crippen molar-refractivity contribution in [2.45, 2.75) is 63.6 Å². The van der Waals surface area contributed by atoms with Gasteiger partial charge in [-0.3, -0.25) is 0 Å². The van der Waals surface area contributed by atoms with Crippen LogP contribution in [0.1, 0.15) is 56.4 Å². The molecular formula is C20H26N4OS2. The lowest BCUT2D eigenvalue weighted by Gasteiger charge is -2.15. The van der Waals surface area contributed by atoms with E-state index in [4.69, 9.17) is 15.0 Å². The average Bonchev–Trinajstić information content (AvgIpc) is 3.28. The smallest absolute Gasteiger partial charge is 0.189 e. The number of fused-ring (bicyclic) bond motifs is 5. The summed E-state index contributed by atoms with van der Waals surface area (Å²) in [6.45, 7) is 6.61. The third-order valence-corrected chi connectivity index (χ3v) is 6.96. The van der Waals surface area contributed by atoms with Crippen LogP contribution in [0.15, 0.2) is 5.16 Å². The van der Waals surface area contributed by atoms with Crippen molar-refractivity contribution in [2.24, 2.45) is 0 Å². The van der Waals surface area contributed by atoms with Crippen LogP contribution in [-0.2, 0) is 12.8 Å². The summed E-state index contributed by atoms with van der Waals surface area (Å²) in [6, 6.07) is -0.00656. The number of nitrogens with one attached hydrogen (secondary N) is 1. The molecule has 1 aliphatic rings. The van der Waals surface area contributed by atoms with Crippen LogP contribution in [0, 0.1) is 0 Å². The van der Waals surface area contributed by atoms with E-state index in [-0.39, 0.29) is 12.6 Å². The molecule has 0 bridgehead atoms. The van der Waals surface area contributed by atoms with E-state index in [1.807, 2.05) is 6.26 Å². The Morgan fingerprint density at radius 3 is 2.63 bits per heavy atom. The molecule has 3 aromatic rings. The molecule has 1 atom stereocenters. The van der Waals surface area contributed by atoms with Crippen LogP contribution in [-0.4, -0.2) is 39.0 Å². The largest absolute Gasteiger partial charge is 0.394 e. The number of aliphatic hydroxyl groups is 1. The van der Waals surface area contributed by atoms with Crippen LogP contribution >= 0.6 is 23.1 Å². The Balaban J connectivity index is 2.01. The Morgan fingerprint density at radius 1 is 1.19 bits per heavy atom. The molecule has 1 aliphatic carbocycles. The molecule has 27 heavy (non-hydrogen) atoms. The van der Waals surface area contributed by atoms with Crippen LogP contribution in [0.4, 0.5) is 5.82 Å². The van der Waals surface area contributed by atoms with Crippen molar-refractivity contribution in [2.75, 3.05) is 18.2 Å². The van der Waals surface area contributed by atoms with Gasteiger partial charge in [0.05, 0.1) is 22.9 Å². The highest BCUT2D eigenvalue weighted by atomic mass is 32.2. The minimum Gasteiger partial charge on any atom is -0.394 e. The van der Waals surface area contributed by atoms with Gasteiger partial charge in [-0.2, -0.15) is 0 Å². The van der Waals surface area contributed by atoms with E-state index in [1.54, 1.807) is 23.1 Å². The summed E-state index contributed by atoms with van der Waals surface area (Å²) >= 11 is 3.23. The molecule has 0 saturated carbocycles. The van der Waals surface area contributed by atoms with Gasteiger partial charge in [0.25, 0.3) is 0 Å². The monoisotopic (exact) mass is 402 g/mol. The van der Waals surface area contributed by atoms with E-state index in [1.165, 1.54) is 28.6 Å². The molecule has 0 fully saturated rings. The van der Waals surface area contributed by atoms with Gasteiger partial charge in [0.1, 0.15) is 10.6 Å². The molecule has 0 radical (unpaired) electrons. The number of pyridine rings is 1. The highest BCUT2D eigenvalue weighted by Crippen LogP contribution is 2.43. The van der Waals surface area contributed by atoms with E-state index >= 15 is 0 Å². The Morgan fingerprint density at radius 2 is 1.96 bits per heavy atom. The topological polar surface area (TPSA) is 70.9 Å². The number of nitrogens with zero attached hydrogens (tertiary/aromatic N) is 3. The van der Waals surface area contributed by atoms with Crippen LogP contribution < -0.4 is 5.32 Å². The van der Waals surface area contributed by atoms with Gasteiger partial charge in [0.15, 0.2) is 5.16 Å². The zero-order valence-corrected chi connectivity index (χ0v) is 17.9. The lowest BCUT2D eigenvalue weighted by atomic mass is 9.99. The maximum atomic E-state index is 9.63. The first-order valence-electron chi connectivity index (χ1n) is 9.64. The number of thioether (sulfide) groups is 1. The minimum absolute atomic E-state index is 0.00656. The molecule has 144 valence electrons. The maximum Gasteiger partial charge on any atom is 0.189 e. The van der Waals surface area contributed by atoms with Crippen molar-refractivity contribution >= 4 is 49.3 Å². The van der Waals surface area contributed by atoms with E-state index in [0.717, 1.165) is 45.3 Å². The fourth-order valence-electron chi connectivity index (χ4n) is 3.91. The number of hydrogen-bond donors (Lipinski definition) is 2. The molecule has 0 amide bonds. The Hall–Kier alpha value is -1.44. The number of aliphatic hydroxyl groups excluding tert-OH is 1. The Labute approximate surface area is 168 Å². The molecule has 7 heteroatoms. The van der Waals surface area contributed by atoms with E-state index in [2.05, 4.69) is 26.1 Å². The van der Waals surface area contributed by atoms with Gasteiger partial charge in [-0.05, 0) is 49.0 Å². The number of rotatable bonds is 6. The van der Waals surface area contributed by atoms with Crippen molar-refractivity contribution in [1.29, 1.82) is 0 Å². The lowest BCUT2D eigenvalue weighted by molar-refractivity contribution is 0.271. The predicted molar refractivity (Wildman–Crippen MR) is 115 cm³/mol.